The Morgan fingerprint density at radius 3 is 2.18 bits per heavy atom. The van der Waals surface area contributed by atoms with Crippen LogP contribution < -0.4 is 0 Å². The average molecular weight is 157 g/mol. The molecule has 0 amide bonds. The second-order valence-electron chi connectivity index (χ2n) is 3.64. The molecule has 0 aliphatic rings. The lowest BCUT2D eigenvalue weighted by Crippen LogP contribution is -2.27. The van der Waals surface area contributed by atoms with Crippen LogP contribution in [-0.4, -0.2) is 24.5 Å². The Morgan fingerprint density at radius 2 is 1.73 bits per heavy atom. The lowest BCUT2D eigenvalue weighted by Gasteiger charge is -2.20. The maximum Gasteiger partial charge on any atom is 0.00355 e. The lowest BCUT2D eigenvalue weighted by atomic mass is 10.2. The predicted octanol–water partition coefficient (Wildman–Crippen LogP) is 2.91. The topological polar surface area (TPSA) is 3.24 Å². The van der Waals surface area contributed by atoms with Gasteiger partial charge >= 0.3 is 0 Å². The number of rotatable bonds is 6. The zero-order valence-electron chi connectivity index (χ0n) is 8.56. The smallest absolute Gasteiger partial charge is 0.00355 e. The highest BCUT2D eigenvalue weighted by Gasteiger charge is 2.00. The molecule has 0 radical (unpaired) electrons. The summed E-state index contributed by atoms with van der Waals surface area (Å²) < 4.78 is 0. The third-order valence-corrected chi connectivity index (χ3v) is 2.25. The number of hydrogen-bond acceptors (Lipinski definition) is 1. The summed E-state index contributed by atoms with van der Waals surface area (Å²) in [5.41, 5.74) is 0. The van der Waals surface area contributed by atoms with Crippen molar-refractivity contribution < 1.29 is 0 Å². The standard InChI is InChI=1S/C10H23N/c1-5-6-7-8-9-11(4)10(2)3/h10H,5-9H2,1-4H3. The molecular weight excluding hydrogens is 134 g/mol. The van der Waals surface area contributed by atoms with Gasteiger partial charge in [-0.1, -0.05) is 26.2 Å². The van der Waals surface area contributed by atoms with Gasteiger partial charge in [0, 0.05) is 6.04 Å². The summed E-state index contributed by atoms with van der Waals surface area (Å²) in [6, 6.07) is 0.705. The van der Waals surface area contributed by atoms with Gasteiger partial charge in [-0.15, -0.1) is 0 Å². The molecule has 0 atom stereocenters. The Bertz CT molecular complexity index is 78.9. The highest BCUT2D eigenvalue weighted by molar-refractivity contribution is 4.56. The minimum Gasteiger partial charge on any atom is -0.304 e. The molecule has 0 saturated heterocycles. The van der Waals surface area contributed by atoms with E-state index in [4.69, 9.17) is 0 Å². The fourth-order valence-corrected chi connectivity index (χ4v) is 1.05. The molecule has 11 heavy (non-hydrogen) atoms. The molecule has 0 heterocycles. The Labute approximate surface area is 71.8 Å². The summed E-state index contributed by atoms with van der Waals surface area (Å²) in [6.45, 7) is 8.02. The third kappa shape index (κ3) is 6.36. The molecule has 0 aromatic carbocycles. The van der Waals surface area contributed by atoms with Gasteiger partial charge in [0.1, 0.15) is 0 Å². The summed E-state index contributed by atoms with van der Waals surface area (Å²) in [5.74, 6) is 0. The molecule has 0 fully saturated rings. The lowest BCUT2D eigenvalue weighted by molar-refractivity contribution is 0.267. The van der Waals surface area contributed by atoms with Gasteiger partial charge < -0.3 is 4.90 Å². The Balaban J connectivity index is 3.10. The van der Waals surface area contributed by atoms with E-state index in [1.54, 1.807) is 0 Å². The SMILES string of the molecule is CCCCCCN(C)C(C)C. The molecule has 0 N–H and O–H groups in total. The largest absolute Gasteiger partial charge is 0.304 e. The van der Waals surface area contributed by atoms with E-state index >= 15 is 0 Å². The van der Waals surface area contributed by atoms with E-state index in [1.807, 2.05) is 0 Å². The van der Waals surface area contributed by atoms with Crippen LogP contribution in [0.3, 0.4) is 0 Å². The van der Waals surface area contributed by atoms with Crippen LogP contribution in [0.1, 0.15) is 46.5 Å². The molecule has 68 valence electrons. The molecular formula is C10H23N. The quantitative estimate of drug-likeness (QED) is 0.536. The van der Waals surface area contributed by atoms with Crippen LogP contribution >= 0.6 is 0 Å². The maximum atomic E-state index is 2.41. The van der Waals surface area contributed by atoms with Gasteiger partial charge in [0.25, 0.3) is 0 Å². The molecule has 0 spiro atoms. The predicted molar refractivity (Wildman–Crippen MR) is 51.9 cm³/mol. The molecule has 0 aliphatic carbocycles. The number of hydrogen-bond donors (Lipinski definition) is 0. The van der Waals surface area contributed by atoms with Gasteiger partial charge in [0.15, 0.2) is 0 Å². The number of nitrogens with zero attached hydrogens (tertiary/aromatic N) is 1. The zero-order chi connectivity index (χ0) is 8.69. The minimum atomic E-state index is 0.705. The van der Waals surface area contributed by atoms with Crippen molar-refractivity contribution in [3.05, 3.63) is 0 Å². The van der Waals surface area contributed by atoms with Crippen LogP contribution in [0.4, 0.5) is 0 Å². The number of unbranched alkanes of at least 4 members (excludes halogenated alkanes) is 3. The molecule has 0 aliphatic heterocycles. The molecule has 1 heteroatoms. The maximum absolute atomic E-state index is 2.41. The molecule has 0 saturated carbocycles. The van der Waals surface area contributed by atoms with Crippen LogP contribution in [0.2, 0.25) is 0 Å². The van der Waals surface area contributed by atoms with Crippen molar-refractivity contribution in [2.75, 3.05) is 13.6 Å². The van der Waals surface area contributed by atoms with Gasteiger partial charge in [-0.2, -0.15) is 0 Å². The van der Waals surface area contributed by atoms with E-state index in [2.05, 4.69) is 32.7 Å². The van der Waals surface area contributed by atoms with Gasteiger partial charge in [-0.05, 0) is 33.9 Å². The normalized spacial score (nSPS) is 11.5. The van der Waals surface area contributed by atoms with Gasteiger partial charge in [-0.3, -0.25) is 0 Å². The fraction of sp³-hybridized carbons (Fsp3) is 1.00. The summed E-state index contributed by atoms with van der Waals surface area (Å²) >= 11 is 0. The van der Waals surface area contributed by atoms with Gasteiger partial charge in [0.05, 0.1) is 0 Å². The molecule has 0 aromatic heterocycles. The highest BCUT2D eigenvalue weighted by atomic mass is 15.1. The van der Waals surface area contributed by atoms with Crippen molar-refractivity contribution in [2.24, 2.45) is 0 Å². The Hall–Kier alpha value is -0.0400. The van der Waals surface area contributed by atoms with Crippen molar-refractivity contribution in [3.8, 4) is 0 Å². The van der Waals surface area contributed by atoms with E-state index in [9.17, 15) is 0 Å². The van der Waals surface area contributed by atoms with Gasteiger partial charge in [-0.25, -0.2) is 0 Å². The molecule has 0 bridgehead atoms. The molecule has 0 aromatic rings. The molecule has 0 unspecified atom stereocenters. The van der Waals surface area contributed by atoms with E-state index < -0.39 is 0 Å². The Kier molecular flexibility index (Phi) is 6.63. The minimum absolute atomic E-state index is 0.705. The van der Waals surface area contributed by atoms with Crippen molar-refractivity contribution >= 4 is 0 Å². The van der Waals surface area contributed by atoms with Crippen LogP contribution in [0.5, 0.6) is 0 Å². The average Bonchev–Trinajstić information content (AvgIpc) is 1.97. The third-order valence-electron chi connectivity index (χ3n) is 2.25. The van der Waals surface area contributed by atoms with Crippen LogP contribution in [0, 0.1) is 0 Å². The van der Waals surface area contributed by atoms with Crippen molar-refractivity contribution in [3.63, 3.8) is 0 Å². The van der Waals surface area contributed by atoms with E-state index in [0.717, 1.165) is 0 Å². The summed E-state index contributed by atoms with van der Waals surface area (Å²) in [4.78, 5) is 2.41. The van der Waals surface area contributed by atoms with E-state index in [-0.39, 0.29) is 0 Å². The van der Waals surface area contributed by atoms with Crippen molar-refractivity contribution in [1.29, 1.82) is 0 Å². The van der Waals surface area contributed by atoms with Gasteiger partial charge in [0.2, 0.25) is 0 Å². The monoisotopic (exact) mass is 157 g/mol. The van der Waals surface area contributed by atoms with Crippen LogP contribution in [-0.2, 0) is 0 Å². The fourth-order valence-electron chi connectivity index (χ4n) is 1.05. The first kappa shape index (κ1) is 11.0. The summed E-state index contributed by atoms with van der Waals surface area (Å²) in [5, 5.41) is 0. The molecule has 1 nitrogen and oxygen atoms in total. The van der Waals surface area contributed by atoms with Crippen molar-refractivity contribution in [2.45, 2.75) is 52.5 Å². The van der Waals surface area contributed by atoms with E-state index in [0.29, 0.717) is 6.04 Å². The molecule has 0 rings (SSSR count). The van der Waals surface area contributed by atoms with Crippen LogP contribution in [0.25, 0.3) is 0 Å². The first-order valence-electron chi connectivity index (χ1n) is 4.88. The second-order valence-corrected chi connectivity index (χ2v) is 3.64. The van der Waals surface area contributed by atoms with E-state index in [1.165, 1.54) is 32.2 Å². The summed E-state index contributed by atoms with van der Waals surface area (Å²) in [6.07, 6.45) is 5.49. The highest BCUT2D eigenvalue weighted by Crippen LogP contribution is 2.01. The first-order valence-corrected chi connectivity index (χ1v) is 4.88. The zero-order valence-corrected chi connectivity index (χ0v) is 8.56. The Morgan fingerprint density at radius 1 is 1.09 bits per heavy atom. The summed E-state index contributed by atoms with van der Waals surface area (Å²) in [7, 11) is 2.20. The van der Waals surface area contributed by atoms with Crippen molar-refractivity contribution in [1.82, 2.24) is 4.90 Å². The van der Waals surface area contributed by atoms with Crippen LogP contribution in [0.15, 0.2) is 0 Å². The second kappa shape index (κ2) is 6.66. The first-order chi connectivity index (χ1) is 5.18.